The van der Waals surface area contributed by atoms with Gasteiger partial charge in [0.25, 0.3) is 0 Å². The normalized spacial score (nSPS) is 19.7. The van der Waals surface area contributed by atoms with Crippen LogP contribution in [0.2, 0.25) is 0 Å². The molecular weight excluding hydrogens is 374 g/mol. The lowest BCUT2D eigenvalue weighted by Crippen LogP contribution is -2.47. The second kappa shape index (κ2) is 7.71. The number of nitriles is 1. The molecule has 0 spiro atoms. The molecular formula is C21H19N3OS2. The summed E-state index contributed by atoms with van der Waals surface area (Å²) in [6.45, 7) is 0.495. The third kappa shape index (κ3) is 3.45. The van der Waals surface area contributed by atoms with Crippen LogP contribution in [0.3, 0.4) is 0 Å². The third-order valence-corrected chi connectivity index (χ3v) is 6.83. The first-order valence-corrected chi connectivity index (χ1v) is 10.9. The number of hydrogen-bond donors (Lipinski definition) is 0. The summed E-state index contributed by atoms with van der Waals surface area (Å²) in [5, 5.41) is 10.7. The zero-order valence-corrected chi connectivity index (χ0v) is 16.6. The van der Waals surface area contributed by atoms with Crippen molar-refractivity contribution in [3.8, 4) is 6.07 Å². The molecule has 1 fully saturated rings. The fourth-order valence-corrected chi connectivity index (χ4v) is 5.06. The number of fused-ring (bicyclic) bond motifs is 1. The van der Waals surface area contributed by atoms with E-state index >= 15 is 0 Å². The van der Waals surface area contributed by atoms with E-state index in [-0.39, 0.29) is 11.8 Å². The van der Waals surface area contributed by atoms with Crippen molar-refractivity contribution in [2.24, 2.45) is 0 Å². The Labute approximate surface area is 167 Å². The maximum absolute atomic E-state index is 12.9. The smallest absolute Gasteiger partial charge is 0.229 e. The van der Waals surface area contributed by atoms with Gasteiger partial charge in [0.05, 0.1) is 29.2 Å². The highest BCUT2D eigenvalue weighted by atomic mass is 32.2. The van der Waals surface area contributed by atoms with Gasteiger partial charge in [-0.1, -0.05) is 42.1 Å². The largest absolute Gasteiger partial charge is 0.344 e. The molecule has 0 unspecified atom stereocenters. The fraction of sp³-hybridized carbons (Fsp3) is 0.238. The highest BCUT2D eigenvalue weighted by Gasteiger charge is 2.38. The van der Waals surface area contributed by atoms with Gasteiger partial charge in [0.1, 0.15) is 0 Å². The van der Waals surface area contributed by atoms with Crippen molar-refractivity contribution < 1.29 is 4.79 Å². The zero-order chi connectivity index (χ0) is 18.8. The van der Waals surface area contributed by atoms with Gasteiger partial charge in [-0.25, -0.2) is 0 Å². The van der Waals surface area contributed by atoms with Gasteiger partial charge in [0, 0.05) is 22.9 Å². The highest BCUT2D eigenvalue weighted by Crippen LogP contribution is 2.43. The van der Waals surface area contributed by atoms with Crippen molar-refractivity contribution >= 4 is 35.1 Å². The zero-order valence-electron chi connectivity index (χ0n) is 15.0. The van der Waals surface area contributed by atoms with E-state index in [2.05, 4.69) is 23.1 Å². The lowest BCUT2D eigenvalue weighted by Gasteiger charge is -2.42. The standard InChI is InChI=1S/C21H19N3OS2/c1-26-17-9-7-15(8-10-17)18-11-20(25)24-13-23(16-5-3-2-4-6-16)14-27-21(24)19(18)12-22/h2-10,18H,11,13-14H2,1H3/t18-/m1/s1. The summed E-state index contributed by atoms with van der Waals surface area (Å²) in [5.74, 6) is 0.656. The molecule has 2 aromatic carbocycles. The van der Waals surface area contributed by atoms with Crippen LogP contribution in [0.15, 0.2) is 70.1 Å². The summed E-state index contributed by atoms with van der Waals surface area (Å²) in [4.78, 5) is 18.0. The molecule has 0 saturated carbocycles. The Morgan fingerprint density at radius 2 is 1.89 bits per heavy atom. The summed E-state index contributed by atoms with van der Waals surface area (Å²) in [7, 11) is 0. The van der Waals surface area contributed by atoms with E-state index in [0.717, 1.165) is 22.2 Å². The van der Waals surface area contributed by atoms with Gasteiger partial charge in [-0.05, 0) is 36.1 Å². The minimum atomic E-state index is -0.152. The van der Waals surface area contributed by atoms with Gasteiger partial charge < -0.3 is 4.90 Å². The van der Waals surface area contributed by atoms with Crippen LogP contribution in [0.25, 0.3) is 0 Å². The maximum atomic E-state index is 12.9. The number of thioether (sulfide) groups is 2. The number of amides is 1. The van der Waals surface area contributed by atoms with Crippen LogP contribution in [-0.4, -0.2) is 29.6 Å². The summed E-state index contributed by atoms with van der Waals surface area (Å²) >= 11 is 3.26. The number of nitrogens with zero attached hydrogens (tertiary/aromatic N) is 3. The minimum absolute atomic E-state index is 0.0797. The first-order valence-electron chi connectivity index (χ1n) is 8.72. The molecule has 27 heavy (non-hydrogen) atoms. The number of para-hydroxylation sites is 1. The Morgan fingerprint density at radius 1 is 1.15 bits per heavy atom. The summed E-state index contributed by atoms with van der Waals surface area (Å²) in [6.07, 6.45) is 2.38. The van der Waals surface area contributed by atoms with Gasteiger partial charge in [-0.15, -0.1) is 11.8 Å². The van der Waals surface area contributed by atoms with E-state index in [1.54, 1.807) is 28.4 Å². The lowest BCUT2D eigenvalue weighted by atomic mass is 9.86. The molecule has 4 nitrogen and oxygen atoms in total. The van der Waals surface area contributed by atoms with Gasteiger partial charge in [0.15, 0.2) is 0 Å². The van der Waals surface area contributed by atoms with Crippen molar-refractivity contribution in [3.05, 3.63) is 70.8 Å². The van der Waals surface area contributed by atoms with Crippen molar-refractivity contribution in [2.45, 2.75) is 17.2 Å². The summed E-state index contributed by atoms with van der Waals surface area (Å²) in [6, 6.07) is 20.7. The molecule has 0 bridgehead atoms. The van der Waals surface area contributed by atoms with Gasteiger partial charge in [-0.2, -0.15) is 5.26 Å². The SMILES string of the molecule is CSc1ccc([C@H]2CC(=O)N3CN(c4ccccc4)CSC3=C2C#N)cc1. The quantitative estimate of drug-likeness (QED) is 0.712. The molecule has 1 amide bonds. The van der Waals surface area contributed by atoms with Crippen LogP contribution in [0.5, 0.6) is 0 Å². The van der Waals surface area contributed by atoms with Gasteiger partial charge in [0.2, 0.25) is 5.91 Å². The van der Waals surface area contributed by atoms with E-state index in [1.807, 2.05) is 48.7 Å². The molecule has 0 aliphatic carbocycles. The number of benzene rings is 2. The van der Waals surface area contributed by atoms with Crippen LogP contribution in [0.1, 0.15) is 17.9 Å². The Hall–Kier alpha value is -2.36. The second-order valence-electron chi connectivity index (χ2n) is 6.47. The van der Waals surface area contributed by atoms with Crippen LogP contribution in [0, 0.1) is 11.3 Å². The average molecular weight is 394 g/mol. The van der Waals surface area contributed by atoms with Crippen molar-refractivity contribution in [1.82, 2.24) is 4.90 Å². The highest BCUT2D eigenvalue weighted by molar-refractivity contribution is 8.03. The first-order chi connectivity index (χ1) is 13.2. The molecule has 4 rings (SSSR count). The molecule has 1 saturated heterocycles. The second-order valence-corrected chi connectivity index (χ2v) is 8.29. The van der Waals surface area contributed by atoms with Crippen LogP contribution < -0.4 is 4.90 Å². The first kappa shape index (κ1) is 18.0. The van der Waals surface area contributed by atoms with E-state index in [1.165, 1.54) is 4.90 Å². The number of carbonyl (C=O) groups is 1. The third-order valence-electron chi connectivity index (χ3n) is 4.93. The van der Waals surface area contributed by atoms with Crippen molar-refractivity contribution in [2.75, 3.05) is 23.7 Å². The van der Waals surface area contributed by atoms with E-state index in [4.69, 9.17) is 0 Å². The molecule has 2 aromatic rings. The van der Waals surface area contributed by atoms with Crippen molar-refractivity contribution in [3.63, 3.8) is 0 Å². The molecule has 0 radical (unpaired) electrons. The predicted octanol–water partition coefficient (Wildman–Crippen LogP) is 4.63. The number of hydrogen-bond acceptors (Lipinski definition) is 5. The molecule has 0 N–H and O–H groups in total. The molecule has 6 heteroatoms. The van der Waals surface area contributed by atoms with E-state index in [0.29, 0.717) is 18.7 Å². The predicted molar refractivity (Wildman–Crippen MR) is 111 cm³/mol. The Bertz CT molecular complexity index is 919. The fourth-order valence-electron chi connectivity index (χ4n) is 3.49. The molecule has 2 aliphatic rings. The minimum Gasteiger partial charge on any atom is -0.344 e. The molecule has 2 heterocycles. The number of anilines is 1. The maximum Gasteiger partial charge on any atom is 0.229 e. The summed E-state index contributed by atoms with van der Waals surface area (Å²) < 4.78 is 0. The Morgan fingerprint density at radius 3 is 2.56 bits per heavy atom. The van der Waals surface area contributed by atoms with Crippen LogP contribution in [-0.2, 0) is 4.79 Å². The topological polar surface area (TPSA) is 47.3 Å². The van der Waals surface area contributed by atoms with E-state index < -0.39 is 0 Å². The molecule has 1 atom stereocenters. The van der Waals surface area contributed by atoms with Crippen LogP contribution in [0.4, 0.5) is 5.69 Å². The number of rotatable bonds is 3. The molecule has 2 aliphatic heterocycles. The lowest BCUT2D eigenvalue weighted by molar-refractivity contribution is -0.129. The van der Waals surface area contributed by atoms with Gasteiger partial charge >= 0.3 is 0 Å². The monoisotopic (exact) mass is 393 g/mol. The van der Waals surface area contributed by atoms with Crippen molar-refractivity contribution in [1.29, 1.82) is 5.26 Å². The van der Waals surface area contributed by atoms with Crippen LogP contribution >= 0.6 is 23.5 Å². The molecule has 0 aromatic heterocycles. The Kier molecular flexibility index (Phi) is 5.15. The average Bonchev–Trinajstić information content (AvgIpc) is 2.74. The number of carbonyl (C=O) groups excluding carboxylic acids is 1. The molecule has 136 valence electrons. The number of allylic oxidation sites excluding steroid dienone is 1. The summed E-state index contributed by atoms with van der Waals surface area (Å²) in [5.41, 5.74) is 2.84. The van der Waals surface area contributed by atoms with E-state index in [9.17, 15) is 10.1 Å². The Balaban J connectivity index is 1.65. The van der Waals surface area contributed by atoms with Gasteiger partial charge in [-0.3, -0.25) is 9.69 Å².